The fraction of sp³-hybridized carbons (Fsp3) is 0.333. The second kappa shape index (κ2) is 9.58. The highest BCUT2D eigenvalue weighted by Gasteiger charge is 2.28. The molecular weight excluding hydrogens is 390 g/mol. The predicted molar refractivity (Wildman–Crippen MR) is 114 cm³/mol. The van der Waals surface area contributed by atoms with E-state index in [9.17, 15) is 9.59 Å². The molecule has 29 heavy (non-hydrogen) atoms. The van der Waals surface area contributed by atoms with E-state index < -0.39 is 0 Å². The van der Waals surface area contributed by atoms with Crippen LogP contribution in [0.1, 0.15) is 27.2 Å². The van der Waals surface area contributed by atoms with E-state index in [2.05, 4.69) is 17.2 Å². The van der Waals surface area contributed by atoms with E-state index in [1.54, 1.807) is 31.4 Å². The summed E-state index contributed by atoms with van der Waals surface area (Å²) in [6.07, 6.45) is 4.54. The molecule has 0 unspecified atom stereocenters. The Labute approximate surface area is 174 Å². The molecule has 7 nitrogen and oxygen atoms in total. The van der Waals surface area contributed by atoms with E-state index in [-0.39, 0.29) is 18.4 Å². The van der Waals surface area contributed by atoms with Crippen LogP contribution in [0, 0.1) is 0 Å². The standard InChI is InChI=1S/C21H25N3O4S/c1-4-10-22-12-18(25)24-21-19(14-6-5-7-17(14)29-21)20(26)23-15-9-8-13(27-2)11-16(15)28-3/h4,8-9,11,22H,1,5-7,10,12H2,2-3H3,(H,23,26)(H,24,25)/p+1. The zero-order valence-electron chi connectivity index (χ0n) is 16.7. The molecule has 0 spiro atoms. The first-order valence-corrected chi connectivity index (χ1v) is 10.3. The summed E-state index contributed by atoms with van der Waals surface area (Å²) in [5, 5.41) is 8.30. The van der Waals surface area contributed by atoms with Crippen molar-refractivity contribution < 1.29 is 24.4 Å². The Hall–Kier alpha value is -2.84. The van der Waals surface area contributed by atoms with Crippen LogP contribution in [0.5, 0.6) is 11.5 Å². The number of nitrogens with two attached hydrogens (primary N) is 1. The van der Waals surface area contributed by atoms with Gasteiger partial charge in [0.15, 0.2) is 6.54 Å². The molecule has 0 aliphatic heterocycles. The molecule has 0 fully saturated rings. The highest BCUT2D eigenvalue weighted by molar-refractivity contribution is 7.17. The smallest absolute Gasteiger partial charge is 0.280 e. The highest BCUT2D eigenvalue weighted by atomic mass is 32.1. The van der Waals surface area contributed by atoms with Crippen molar-refractivity contribution in [3.63, 3.8) is 0 Å². The molecule has 1 aromatic carbocycles. The molecule has 1 aliphatic rings. The molecule has 0 bridgehead atoms. The Morgan fingerprint density at radius 2 is 2.07 bits per heavy atom. The molecule has 4 N–H and O–H groups in total. The fourth-order valence-electron chi connectivity index (χ4n) is 3.33. The summed E-state index contributed by atoms with van der Waals surface area (Å²) in [5.74, 6) is 0.760. The predicted octanol–water partition coefficient (Wildman–Crippen LogP) is 2.19. The summed E-state index contributed by atoms with van der Waals surface area (Å²) in [7, 11) is 3.11. The molecule has 2 aromatic rings. The Kier molecular flexibility index (Phi) is 6.90. The van der Waals surface area contributed by atoms with Crippen LogP contribution in [0.4, 0.5) is 10.7 Å². The molecule has 1 aromatic heterocycles. The number of rotatable bonds is 9. The number of hydrogen-bond acceptors (Lipinski definition) is 5. The van der Waals surface area contributed by atoms with Gasteiger partial charge in [0, 0.05) is 10.9 Å². The van der Waals surface area contributed by atoms with Crippen LogP contribution in [-0.2, 0) is 17.6 Å². The van der Waals surface area contributed by atoms with Crippen LogP contribution in [0.15, 0.2) is 30.9 Å². The van der Waals surface area contributed by atoms with Gasteiger partial charge in [-0.1, -0.05) is 6.58 Å². The van der Waals surface area contributed by atoms with Gasteiger partial charge in [-0.2, -0.15) is 0 Å². The molecule has 0 atom stereocenters. The summed E-state index contributed by atoms with van der Waals surface area (Å²) in [6.45, 7) is 4.59. The maximum absolute atomic E-state index is 13.2. The Morgan fingerprint density at radius 1 is 1.24 bits per heavy atom. The number of quaternary nitrogens is 1. The second-order valence-electron chi connectivity index (χ2n) is 6.65. The van der Waals surface area contributed by atoms with Gasteiger partial charge in [-0.15, -0.1) is 11.3 Å². The highest BCUT2D eigenvalue weighted by Crippen LogP contribution is 2.40. The molecular formula is C21H26N3O4S+. The van der Waals surface area contributed by atoms with E-state index in [0.717, 1.165) is 24.8 Å². The molecule has 3 rings (SSSR count). The van der Waals surface area contributed by atoms with Crippen LogP contribution in [0.3, 0.4) is 0 Å². The van der Waals surface area contributed by atoms with E-state index in [1.807, 2.05) is 5.32 Å². The number of anilines is 2. The lowest BCUT2D eigenvalue weighted by atomic mass is 10.1. The molecule has 1 aliphatic carbocycles. The third kappa shape index (κ3) is 4.78. The largest absolute Gasteiger partial charge is 0.497 e. The van der Waals surface area contributed by atoms with E-state index in [0.29, 0.717) is 34.3 Å². The molecule has 2 amide bonds. The normalized spacial score (nSPS) is 12.2. The van der Waals surface area contributed by atoms with Gasteiger partial charge in [-0.3, -0.25) is 9.59 Å². The van der Waals surface area contributed by atoms with Crippen LogP contribution in [-0.4, -0.2) is 39.1 Å². The maximum Gasteiger partial charge on any atom is 0.280 e. The fourth-order valence-corrected chi connectivity index (χ4v) is 4.63. The number of methoxy groups -OCH3 is 2. The second-order valence-corrected chi connectivity index (χ2v) is 7.75. The number of benzene rings is 1. The van der Waals surface area contributed by atoms with Gasteiger partial charge >= 0.3 is 0 Å². The number of carbonyl (C=O) groups is 2. The van der Waals surface area contributed by atoms with Crippen molar-refractivity contribution in [3.8, 4) is 11.5 Å². The first-order chi connectivity index (χ1) is 14.1. The van der Waals surface area contributed by atoms with Crippen LogP contribution < -0.4 is 25.4 Å². The number of carbonyl (C=O) groups excluding carboxylic acids is 2. The van der Waals surface area contributed by atoms with Gasteiger partial charge in [0.25, 0.3) is 11.8 Å². The third-order valence-electron chi connectivity index (χ3n) is 4.72. The lowest BCUT2D eigenvalue weighted by Crippen LogP contribution is -2.86. The number of fused-ring (bicyclic) bond motifs is 1. The molecule has 154 valence electrons. The quantitative estimate of drug-likeness (QED) is 0.432. The Bertz CT molecular complexity index is 923. The number of aryl methyl sites for hydroxylation is 1. The van der Waals surface area contributed by atoms with Crippen LogP contribution >= 0.6 is 11.3 Å². The van der Waals surface area contributed by atoms with Crippen molar-refractivity contribution in [2.75, 3.05) is 37.9 Å². The van der Waals surface area contributed by atoms with Gasteiger partial charge in [0.1, 0.15) is 16.5 Å². The first-order valence-electron chi connectivity index (χ1n) is 9.47. The van der Waals surface area contributed by atoms with Gasteiger partial charge in [0.05, 0.1) is 32.0 Å². The summed E-state index contributed by atoms with van der Waals surface area (Å²) in [4.78, 5) is 26.6. The molecule has 8 heteroatoms. The third-order valence-corrected chi connectivity index (χ3v) is 5.93. The number of hydrogen-bond donors (Lipinski definition) is 3. The lowest BCUT2D eigenvalue weighted by Gasteiger charge is -2.13. The first kappa shape index (κ1) is 20.9. The van der Waals surface area contributed by atoms with Crippen molar-refractivity contribution in [2.45, 2.75) is 19.3 Å². The van der Waals surface area contributed by atoms with Crippen molar-refractivity contribution >= 4 is 33.8 Å². The van der Waals surface area contributed by atoms with Crippen molar-refractivity contribution in [1.29, 1.82) is 0 Å². The molecule has 0 saturated heterocycles. The summed E-state index contributed by atoms with van der Waals surface area (Å²) >= 11 is 1.49. The molecule has 1 heterocycles. The molecule has 0 saturated carbocycles. The number of thiophene rings is 1. The summed E-state index contributed by atoms with van der Waals surface area (Å²) < 4.78 is 10.6. The topological polar surface area (TPSA) is 93.3 Å². The van der Waals surface area contributed by atoms with Crippen molar-refractivity contribution in [1.82, 2.24) is 0 Å². The van der Waals surface area contributed by atoms with Crippen molar-refractivity contribution in [2.24, 2.45) is 0 Å². The number of amides is 2. The lowest BCUT2D eigenvalue weighted by molar-refractivity contribution is -0.634. The van der Waals surface area contributed by atoms with Gasteiger partial charge < -0.3 is 25.4 Å². The Balaban J connectivity index is 1.83. The van der Waals surface area contributed by atoms with E-state index in [4.69, 9.17) is 9.47 Å². The minimum absolute atomic E-state index is 0.136. The van der Waals surface area contributed by atoms with E-state index in [1.165, 1.54) is 23.3 Å². The zero-order valence-corrected chi connectivity index (χ0v) is 17.5. The number of ether oxygens (including phenoxy) is 2. The SMILES string of the molecule is C=CC[NH2+]CC(=O)Nc1sc2c(c1C(=O)Nc1ccc(OC)cc1OC)CCC2. The minimum atomic E-state index is -0.252. The summed E-state index contributed by atoms with van der Waals surface area (Å²) in [5.41, 5.74) is 2.13. The summed E-state index contributed by atoms with van der Waals surface area (Å²) in [6, 6.07) is 5.21. The molecule has 0 radical (unpaired) electrons. The monoisotopic (exact) mass is 416 g/mol. The number of nitrogens with one attached hydrogen (secondary N) is 2. The van der Waals surface area contributed by atoms with Crippen LogP contribution in [0.2, 0.25) is 0 Å². The Morgan fingerprint density at radius 3 is 2.79 bits per heavy atom. The minimum Gasteiger partial charge on any atom is -0.497 e. The average molecular weight is 417 g/mol. The average Bonchev–Trinajstić information content (AvgIpc) is 3.29. The van der Waals surface area contributed by atoms with Gasteiger partial charge in [0.2, 0.25) is 0 Å². The van der Waals surface area contributed by atoms with Crippen molar-refractivity contribution in [3.05, 3.63) is 46.9 Å². The van der Waals surface area contributed by atoms with E-state index >= 15 is 0 Å². The van der Waals surface area contributed by atoms with Gasteiger partial charge in [-0.25, -0.2) is 0 Å². The van der Waals surface area contributed by atoms with Crippen LogP contribution in [0.25, 0.3) is 0 Å². The maximum atomic E-state index is 13.2. The van der Waals surface area contributed by atoms with Gasteiger partial charge in [-0.05, 0) is 43.0 Å². The zero-order chi connectivity index (χ0) is 20.8.